The van der Waals surface area contributed by atoms with Crippen LogP contribution in [0.15, 0.2) is 43.0 Å². The van der Waals surface area contributed by atoms with Gasteiger partial charge in [0, 0.05) is 38.8 Å². The zero-order chi connectivity index (χ0) is 13.8. The maximum absolute atomic E-state index is 11.9. The van der Waals surface area contributed by atoms with Gasteiger partial charge in [-0.05, 0) is 12.1 Å². The number of pyridine rings is 1. The van der Waals surface area contributed by atoms with Crippen LogP contribution in [-0.4, -0.2) is 39.5 Å². The van der Waals surface area contributed by atoms with Gasteiger partial charge in [0.05, 0.1) is 17.4 Å². The van der Waals surface area contributed by atoms with Gasteiger partial charge in [0.1, 0.15) is 0 Å². The van der Waals surface area contributed by atoms with E-state index in [1.807, 2.05) is 20.2 Å². The van der Waals surface area contributed by atoms with Crippen molar-refractivity contribution in [1.82, 2.24) is 19.7 Å². The van der Waals surface area contributed by atoms with Crippen molar-refractivity contribution in [1.29, 1.82) is 0 Å². The third-order valence-corrected chi connectivity index (χ3v) is 2.65. The molecule has 0 saturated carbocycles. The van der Waals surface area contributed by atoms with Crippen molar-refractivity contribution >= 4 is 17.4 Å². The molecule has 19 heavy (non-hydrogen) atoms. The van der Waals surface area contributed by atoms with E-state index in [0.717, 1.165) is 5.69 Å². The maximum atomic E-state index is 11.9. The van der Waals surface area contributed by atoms with Crippen LogP contribution in [0.25, 0.3) is 5.69 Å². The van der Waals surface area contributed by atoms with Gasteiger partial charge >= 0.3 is 0 Å². The summed E-state index contributed by atoms with van der Waals surface area (Å²) in [5.41, 5.74) is 1.11. The van der Waals surface area contributed by atoms with Crippen LogP contribution in [0.4, 0.5) is 0 Å². The van der Waals surface area contributed by atoms with Gasteiger partial charge in [0.2, 0.25) is 0 Å². The third-order valence-electron chi connectivity index (χ3n) is 2.37. The normalized spacial score (nSPS) is 10.9. The number of nitrogens with zero attached hydrogens (tertiary/aromatic N) is 4. The van der Waals surface area contributed by atoms with Gasteiger partial charge in [-0.25, -0.2) is 4.68 Å². The first kappa shape index (κ1) is 13.3. The first-order valence-corrected chi connectivity index (χ1v) is 6.00. The number of carbonyl (C=O) groups excluding carboxylic acids is 1. The molecular weight excluding hydrogens is 264 g/mol. The Hall–Kier alpha value is -2.14. The molecule has 0 N–H and O–H groups in total. The van der Waals surface area contributed by atoms with Gasteiger partial charge in [0.15, 0.2) is 10.9 Å². The lowest BCUT2D eigenvalue weighted by Crippen LogP contribution is -2.03. The molecule has 0 unspecified atom stereocenters. The van der Waals surface area contributed by atoms with Crippen molar-refractivity contribution in [2.75, 3.05) is 14.1 Å². The monoisotopic (exact) mass is 276 g/mol. The van der Waals surface area contributed by atoms with Crippen LogP contribution < -0.4 is 0 Å². The number of hydrogen-bond acceptors (Lipinski definition) is 4. The summed E-state index contributed by atoms with van der Waals surface area (Å²) in [4.78, 5) is 17.7. The van der Waals surface area contributed by atoms with E-state index in [1.165, 1.54) is 10.8 Å². The molecule has 0 aliphatic rings. The number of halogens is 1. The highest BCUT2D eigenvalue weighted by Crippen LogP contribution is 2.17. The molecule has 0 bridgehead atoms. The molecular formula is C13H13ClN4O. The van der Waals surface area contributed by atoms with Crippen molar-refractivity contribution in [2.45, 2.75) is 0 Å². The van der Waals surface area contributed by atoms with Crippen LogP contribution in [0.5, 0.6) is 0 Å². The van der Waals surface area contributed by atoms with Gasteiger partial charge in [0.25, 0.3) is 0 Å². The predicted octanol–water partition coefficient (Wildman–Crippen LogP) is 2.18. The Bertz CT molecular complexity index is 604. The van der Waals surface area contributed by atoms with Gasteiger partial charge in [-0.15, -0.1) is 0 Å². The summed E-state index contributed by atoms with van der Waals surface area (Å²) in [6, 6.07) is 3.62. The van der Waals surface area contributed by atoms with Crippen molar-refractivity contribution < 1.29 is 4.79 Å². The van der Waals surface area contributed by atoms with E-state index >= 15 is 0 Å². The lowest BCUT2D eigenvalue weighted by molar-refractivity contribution is 0.104. The minimum Gasteiger partial charge on any atom is -0.383 e. The number of ketones is 1. The van der Waals surface area contributed by atoms with Crippen molar-refractivity contribution in [2.24, 2.45) is 0 Å². The Morgan fingerprint density at radius 2 is 2.26 bits per heavy atom. The lowest BCUT2D eigenvalue weighted by atomic mass is 10.2. The Morgan fingerprint density at radius 1 is 1.47 bits per heavy atom. The standard InChI is InChI=1S/C13H13ClN4O/c1-17(2)7-5-12(19)11-9-18(16-13(11)14)10-4-3-6-15-8-10/h3-9H,1-2H3. The smallest absolute Gasteiger partial charge is 0.192 e. The number of rotatable bonds is 4. The van der Waals surface area contributed by atoms with Crippen LogP contribution >= 0.6 is 11.6 Å². The molecule has 0 spiro atoms. The van der Waals surface area contributed by atoms with Gasteiger partial charge in [-0.2, -0.15) is 5.10 Å². The molecule has 98 valence electrons. The average molecular weight is 277 g/mol. The highest BCUT2D eigenvalue weighted by Gasteiger charge is 2.13. The average Bonchev–Trinajstić information content (AvgIpc) is 2.79. The van der Waals surface area contributed by atoms with E-state index < -0.39 is 0 Å². The molecule has 0 aliphatic carbocycles. The fraction of sp³-hybridized carbons (Fsp3) is 0.154. The summed E-state index contributed by atoms with van der Waals surface area (Å²) in [5, 5.41) is 4.28. The SMILES string of the molecule is CN(C)C=CC(=O)c1cn(-c2cccnc2)nc1Cl. The first-order chi connectivity index (χ1) is 9.08. The Morgan fingerprint density at radius 3 is 2.89 bits per heavy atom. The van der Waals surface area contributed by atoms with Crippen LogP contribution in [0, 0.1) is 0 Å². The predicted molar refractivity (Wildman–Crippen MR) is 73.5 cm³/mol. The lowest BCUT2D eigenvalue weighted by Gasteiger charge is -2.01. The molecule has 0 atom stereocenters. The fourth-order valence-corrected chi connectivity index (χ4v) is 1.67. The zero-order valence-electron chi connectivity index (χ0n) is 10.6. The topological polar surface area (TPSA) is 51.0 Å². The molecule has 0 fully saturated rings. The van der Waals surface area contributed by atoms with E-state index in [-0.39, 0.29) is 10.9 Å². The maximum Gasteiger partial charge on any atom is 0.192 e. The van der Waals surface area contributed by atoms with Crippen LogP contribution in [-0.2, 0) is 0 Å². The van der Waals surface area contributed by atoms with E-state index in [2.05, 4.69) is 10.1 Å². The van der Waals surface area contributed by atoms with E-state index in [4.69, 9.17) is 11.6 Å². The van der Waals surface area contributed by atoms with Crippen molar-refractivity contribution in [3.05, 3.63) is 53.7 Å². The molecule has 2 aromatic rings. The summed E-state index contributed by atoms with van der Waals surface area (Å²) in [5.74, 6) is -0.186. The number of allylic oxidation sites excluding steroid dienone is 1. The highest BCUT2D eigenvalue weighted by atomic mass is 35.5. The number of aromatic nitrogens is 3. The van der Waals surface area contributed by atoms with Crippen molar-refractivity contribution in [3.63, 3.8) is 0 Å². The molecule has 2 heterocycles. The molecule has 6 heteroatoms. The summed E-state index contributed by atoms with van der Waals surface area (Å²) in [7, 11) is 3.68. The summed E-state index contributed by atoms with van der Waals surface area (Å²) >= 11 is 5.98. The molecule has 0 aromatic carbocycles. The number of carbonyl (C=O) groups is 1. The van der Waals surface area contributed by atoms with Crippen LogP contribution in [0.3, 0.4) is 0 Å². The van der Waals surface area contributed by atoms with Gasteiger partial charge < -0.3 is 4.90 Å². The van der Waals surface area contributed by atoms with E-state index in [9.17, 15) is 4.79 Å². The Labute approximate surface area is 116 Å². The summed E-state index contributed by atoms with van der Waals surface area (Å²) < 4.78 is 1.53. The summed E-state index contributed by atoms with van der Waals surface area (Å²) in [6.07, 6.45) is 8.03. The van der Waals surface area contributed by atoms with Gasteiger partial charge in [-0.1, -0.05) is 11.6 Å². The summed E-state index contributed by atoms with van der Waals surface area (Å²) in [6.45, 7) is 0. The Kier molecular flexibility index (Phi) is 3.97. The Balaban J connectivity index is 2.29. The van der Waals surface area contributed by atoms with E-state index in [0.29, 0.717) is 5.56 Å². The first-order valence-electron chi connectivity index (χ1n) is 5.62. The van der Waals surface area contributed by atoms with Crippen LogP contribution in [0.1, 0.15) is 10.4 Å². The second-order valence-corrected chi connectivity index (χ2v) is 4.49. The molecule has 0 amide bonds. The van der Waals surface area contributed by atoms with Crippen LogP contribution in [0.2, 0.25) is 5.15 Å². The van der Waals surface area contributed by atoms with Gasteiger partial charge in [-0.3, -0.25) is 9.78 Å². The molecule has 5 nitrogen and oxygen atoms in total. The number of hydrogen-bond donors (Lipinski definition) is 0. The minimum atomic E-state index is -0.186. The second-order valence-electron chi connectivity index (χ2n) is 4.13. The highest BCUT2D eigenvalue weighted by molar-refractivity contribution is 6.33. The molecule has 0 aliphatic heterocycles. The minimum absolute atomic E-state index is 0.178. The molecule has 0 saturated heterocycles. The van der Waals surface area contributed by atoms with E-state index in [1.54, 1.807) is 35.8 Å². The fourth-order valence-electron chi connectivity index (χ4n) is 1.45. The molecule has 2 rings (SSSR count). The van der Waals surface area contributed by atoms with Crippen molar-refractivity contribution in [3.8, 4) is 5.69 Å². The largest absolute Gasteiger partial charge is 0.383 e. The molecule has 0 radical (unpaired) electrons. The quantitative estimate of drug-likeness (QED) is 0.634. The molecule has 2 aromatic heterocycles. The second kappa shape index (κ2) is 5.67. The zero-order valence-corrected chi connectivity index (χ0v) is 11.4. The third kappa shape index (κ3) is 3.20.